The first-order valence-electron chi connectivity index (χ1n) is 6.63. The molecule has 0 heterocycles. The highest BCUT2D eigenvalue weighted by Crippen LogP contribution is 2.23. The fourth-order valence-corrected chi connectivity index (χ4v) is 2.69. The van der Waals surface area contributed by atoms with E-state index in [4.69, 9.17) is 0 Å². The molecule has 4 nitrogen and oxygen atoms in total. The van der Waals surface area contributed by atoms with Crippen molar-refractivity contribution in [2.45, 2.75) is 32.1 Å². The number of halogens is 2. The van der Waals surface area contributed by atoms with E-state index >= 15 is 0 Å². The van der Waals surface area contributed by atoms with Crippen molar-refractivity contribution in [1.29, 1.82) is 0 Å². The number of amides is 2. The molecule has 0 bridgehead atoms. The standard InChI is InChI=1S/C14H16BrFN2O2/c15-10-6-7-12(16)11(8-10)14(20)18-17-13(19)9-4-2-1-3-5-9/h6-9H,1-5H2,(H,17,19)(H,18,20). The van der Waals surface area contributed by atoms with Crippen LogP contribution in [0.3, 0.4) is 0 Å². The van der Waals surface area contributed by atoms with Crippen LogP contribution in [0.25, 0.3) is 0 Å². The second kappa shape index (κ2) is 6.83. The van der Waals surface area contributed by atoms with Crippen LogP contribution in [0.2, 0.25) is 0 Å². The predicted molar refractivity (Wildman–Crippen MR) is 76.3 cm³/mol. The number of hydrazine groups is 1. The van der Waals surface area contributed by atoms with E-state index < -0.39 is 11.7 Å². The molecule has 1 fully saturated rings. The van der Waals surface area contributed by atoms with Gasteiger partial charge in [-0.3, -0.25) is 20.4 Å². The molecule has 20 heavy (non-hydrogen) atoms. The molecule has 6 heteroatoms. The number of benzene rings is 1. The lowest BCUT2D eigenvalue weighted by Crippen LogP contribution is -2.45. The summed E-state index contributed by atoms with van der Waals surface area (Å²) in [5.41, 5.74) is 4.53. The van der Waals surface area contributed by atoms with Gasteiger partial charge in [-0.15, -0.1) is 0 Å². The fourth-order valence-electron chi connectivity index (χ4n) is 2.32. The topological polar surface area (TPSA) is 58.2 Å². The Morgan fingerprint density at radius 1 is 1.15 bits per heavy atom. The number of nitrogens with one attached hydrogen (secondary N) is 2. The zero-order valence-electron chi connectivity index (χ0n) is 10.9. The molecule has 2 amide bonds. The molecular weight excluding hydrogens is 327 g/mol. The van der Waals surface area contributed by atoms with E-state index in [2.05, 4.69) is 26.8 Å². The molecule has 108 valence electrons. The average Bonchev–Trinajstić information content (AvgIpc) is 2.47. The predicted octanol–water partition coefficient (Wildman–Crippen LogP) is 2.93. The summed E-state index contributed by atoms with van der Waals surface area (Å²) in [7, 11) is 0. The molecule has 0 atom stereocenters. The minimum absolute atomic E-state index is 0.0589. The van der Waals surface area contributed by atoms with Crippen molar-refractivity contribution >= 4 is 27.7 Å². The van der Waals surface area contributed by atoms with Crippen LogP contribution in [0.4, 0.5) is 4.39 Å². The minimum atomic E-state index is -0.659. The van der Waals surface area contributed by atoms with Crippen molar-refractivity contribution in [3.8, 4) is 0 Å². The first kappa shape index (κ1) is 15.0. The molecule has 1 aromatic rings. The maximum atomic E-state index is 13.5. The molecule has 0 saturated heterocycles. The van der Waals surface area contributed by atoms with Crippen molar-refractivity contribution in [3.63, 3.8) is 0 Å². The molecule has 0 radical (unpaired) electrons. The monoisotopic (exact) mass is 342 g/mol. The van der Waals surface area contributed by atoms with Gasteiger partial charge < -0.3 is 0 Å². The normalized spacial score (nSPS) is 15.7. The average molecular weight is 343 g/mol. The maximum absolute atomic E-state index is 13.5. The lowest BCUT2D eigenvalue weighted by molar-refractivity contribution is -0.126. The highest BCUT2D eigenvalue weighted by Gasteiger charge is 2.21. The second-order valence-corrected chi connectivity index (χ2v) is 5.82. The summed E-state index contributed by atoms with van der Waals surface area (Å²) in [6.07, 6.45) is 4.90. The molecule has 0 aliphatic heterocycles. The van der Waals surface area contributed by atoms with Crippen LogP contribution in [0.1, 0.15) is 42.5 Å². The molecule has 1 saturated carbocycles. The van der Waals surface area contributed by atoms with Gasteiger partial charge in [0.05, 0.1) is 5.56 Å². The summed E-state index contributed by atoms with van der Waals surface area (Å²) in [5, 5.41) is 0. The van der Waals surface area contributed by atoms with E-state index in [9.17, 15) is 14.0 Å². The third-order valence-corrected chi connectivity index (χ3v) is 3.94. The van der Waals surface area contributed by atoms with Gasteiger partial charge in [-0.25, -0.2) is 4.39 Å². The van der Waals surface area contributed by atoms with Crippen LogP contribution in [0.5, 0.6) is 0 Å². The number of carbonyl (C=O) groups is 2. The van der Waals surface area contributed by atoms with E-state index in [0.717, 1.165) is 32.1 Å². The van der Waals surface area contributed by atoms with Gasteiger partial charge >= 0.3 is 0 Å². The van der Waals surface area contributed by atoms with Gasteiger partial charge in [0, 0.05) is 10.4 Å². The highest BCUT2D eigenvalue weighted by molar-refractivity contribution is 9.10. The Hall–Kier alpha value is -1.43. The lowest BCUT2D eigenvalue weighted by atomic mass is 9.89. The van der Waals surface area contributed by atoms with Crippen LogP contribution < -0.4 is 10.9 Å². The van der Waals surface area contributed by atoms with Gasteiger partial charge in [0.1, 0.15) is 5.82 Å². The summed E-state index contributed by atoms with van der Waals surface area (Å²) in [6, 6.07) is 4.08. The van der Waals surface area contributed by atoms with Gasteiger partial charge in [-0.05, 0) is 31.0 Å². The van der Waals surface area contributed by atoms with Crippen LogP contribution in [-0.2, 0) is 4.79 Å². The number of hydrogen-bond acceptors (Lipinski definition) is 2. The van der Waals surface area contributed by atoms with Crippen LogP contribution in [0.15, 0.2) is 22.7 Å². The SMILES string of the molecule is O=C(NNC(=O)C1CCCCC1)c1cc(Br)ccc1F. The Balaban J connectivity index is 1.91. The Labute approximate surface area is 125 Å². The zero-order chi connectivity index (χ0) is 14.5. The number of hydrogen-bond donors (Lipinski definition) is 2. The van der Waals surface area contributed by atoms with E-state index in [0.29, 0.717) is 4.47 Å². The van der Waals surface area contributed by atoms with Gasteiger partial charge in [-0.2, -0.15) is 0 Å². The van der Waals surface area contributed by atoms with E-state index in [-0.39, 0.29) is 17.4 Å². The smallest absolute Gasteiger partial charge is 0.272 e. The largest absolute Gasteiger partial charge is 0.273 e. The summed E-state index contributed by atoms with van der Waals surface area (Å²) in [6.45, 7) is 0. The van der Waals surface area contributed by atoms with Crippen molar-refractivity contribution < 1.29 is 14.0 Å². The van der Waals surface area contributed by atoms with E-state index in [1.807, 2.05) is 0 Å². The Bertz CT molecular complexity index is 516. The van der Waals surface area contributed by atoms with Crippen LogP contribution >= 0.6 is 15.9 Å². The molecule has 1 aliphatic rings. The summed E-state index contributed by atoms with van der Waals surface area (Å²) >= 11 is 3.17. The summed E-state index contributed by atoms with van der Waals surface area (Å²) in [4.78, 5) is 23.7. The third-order valence-electron chi connectivity index (χ3n) is 3.45. The number of carbonyl (C=O) groups excluding carboxylic acids is 2. The molecule has 0 unspecified atom stereocenters. The number of rotatable bonds is 2. The Kier molecular flexibility index (Phi) is 5.11. The van der Waals surface area contributed by atoms with Crippen LogP contribution in [0, 0.1) is 11.7 Å². The van der Waals surface area contributed by atoms with Crippen molar-refractivity contribution in [3.05, 3.63) is 34.1 Å². The molecular formula is C14H16BrFN2O2. The lowest BCUT2D eigenvalue weighted by Gasteiger charge is -2.20. The molecule has 2 N–H and O–H groups in total. The molecule has 1 aliphatic carbocycles. The highest BCUT2D eigenvalue weighted by atomic mass is 79.9. The van der Waals surface area contributed by atoms with Gasteiger partial charge in [0.15, 0.2) is 0 Å². The molecule has 1 aromatic carbocycles. The van der Waals surface area contributed by atoms with Gasteiger partial charge in [0.25, 0.3) is 5.91 Å². The second-order valence-electron chi connectivity index (χ2n) is 4.90. The Morgan fingerprint density at radius 3 is 2.55 bits per heavy atom. The third kappa shape index (κ3) is 3.79. The minimum Gasteiger partial charge on any atom is -0.273 e. The fraction of sp³-hybridized carbons (Fsp3) is 0.429. The maximum Gasteiger partial charge on any atom is 0.272 e. The van der Waals surface area contributed by atoms with E-state index in [1.54, 1.807) is 0 Å². The van der Waals surface area contributed by atoms with Crippen molar-refractivity contribution in [2.24, 2.45) is 5.92 Å². The van der Waals surface area contributed by atoms with E-state index in [1.165, 1.54) is 18.2 Å². The molecule has 0 aromatic heterocycles. The first-order chi connectivity index (χ1) is 9.58. The van der Waals surface area contributed by atoms with Crippen molar-refractivity contribution in [2.75, 3.05) is 0 Å². The molecule has 0 spiro atoms. The van der Waals surface area contributed by atoms with Gasteiger partial charge in [0.2, 0.25) is 5.91 Å². The van der Waals surface area contributed by atoms with Gasteiger partial charge in [-0.1, -0.05) is 35.2 Å². The summed E-state index contributed by atoms with van der Waals surface area (Å²) < 4.78 is 14.1. The first-order valence-corrected chi connectivity index (χ1v) is 7.42. The quantitative estimate of drug-likeness (QED) is 0.812. The zero-order valence-corrected chi connectivity index (χ0v) is 12.5. The molecule has 2 rings (SSSR count). The van der Waals surface area contributed by atoms with Crippen molar-refractivity contribution in [1.82, 2.24) is 10.9 Å². The summed E-state index contributed by atoms with van der Waals surface area (Å²) in [5.74, 6) is -1.55. The van der Waals surface area contributed by atoms with Crippen LogP contribution in [-0.4, -0.2) is 11.8 Å². The Morgan fingerprint density at radius 2 is 1.85 bits per heavy atom.